The Morgan fingerprint density at radius 2 is 1.60 bits per heavy atom. The summed E-state index contributed by atoms with van der Waals surface area (Å²) in [6.45, 7) is 16.1. The number of carbonyl (C=O) groups is 2. The highest BCUT2D eigenvalue weighted by molar-refractivity contribution is 6.74. The molecule has 3 atom stereocenters. The average Bonchev–Trinajstić information content (AvgIpc) is 3.40. The lowest BCUT2D eigenvalue weighted by atomic mass is 9.92. The molecule has 47 heavy (non-hydrogen) atoms. The fraction of sp³-hybridized carbons (Fsp3) is 0.405. The molecule has 0 aliphatic carbocycles. The van der Waals surface area contributed by atoms with Crippen molar-refractivity contribution in [1.82, 2.24) is 4.90 Å². The molecule has 0 spiro atoms. The van der Waals surface area contributed by atoms with Gasteiger partial charge < -0.3 is 20.2 Å². The van der Waals surface area contributed by atoms with Gasteiger partial charge in [0.15, 0.2) is 8.32 Å². The lowest BCUT2D eigenvalue weighted by Crippen LogP contribution is -2.57. The molecule has 4 rings (SSSR count). The number of nitrogens with one attached hydrogen (secondary N) is 1. The third kappa shape index (κ3) is 9.29. The molecule has 3 aromatic rings. The van der Waals surface area contributed by atoms with Gasteiger partial charge in [-0.1, -0.05) is 57.2 Å². The predicted molar refractivity (Wildman–Crippen MR) is 185 cm³/mol. The van der Waals surface area contributed by atoms with Gasteiger partial charge in [-0.3, -0.25) is 9.69 Å². The van der Waals surface area contributed by atoms with Crippen LogP contribution >= 0.6 is 0 Å². The van der Waals surface area contributed by atoms with E-state index in [1.54, 1.807) is 29.2 Å². The summed E-state index contributed by atoms with van der Waals surface area (Å²) in [5.74, 6) is -1.98. The van der Waals surface area contributed by atoms with Crippen LogP contribution in [-0.4, -0.2) is 49.0 Å². The summed E-state index contributed by atoms with van der Waals surface area (Å²) in [6.07, 6.45) is 1.20. The average molecular weight is 664 g/mol. The number of benzene rings is 3. The highest BCUT2D eigenvalue weighted by atomic mass is 28.4. The van der Waals surface area contributed by atoms with Crippen molar-refractivity contribution in [3.05, 3.63) is 107 Å². The monoisotopic (exact) mass is 663 g/mol. The zero-order valence-corrected chi connectivity index (χ0v) is 29.6. The minimum absolute atomic E-state index is 0.147. The maximum absolute atomic E-state index is 14.5. The van der Waals surface area contributed by atoms with Gasteiger partial charge in [-0.25, -0.2) is 13.6 Å². The van der Waals surface area contributed by atoms with Gasteiger partial charge in [0.25, 0.3) is 0 Å². The molecule has 0 saturated carbocycles. The van der Waals surface area contributed by atoms with Gasteiger partial charge in [0.1, 0.15) is 17.2 Å². The Morgan fingerprint density at radius 3 is 2.17 bits per heavy atom. The number of rotatable bonds is 10. The Kier molecular flexibility index (Phi) is 10.7. The normalized spacial score (nSPS) is 16.8. The minimum atomic E-state index is -2.56. The van der Waals surface area contributed by atoms with E-state index in [9.17, 15) is 18.4 Å². The maximum atomic E-state index is 14.5. The lowest BCUT2D eigenvalue weighted by molar-refractivity contribution is 0.0116. The molecule has 0 bridgehead atoms. The van der Waals surface area contributed by atoms with E-state index >= 15 is 0 Å². The standard InChI is InChI=1S/C37H47F2N3O4Si/c1-36(2,3)45-35(44)42-23-27(25-13-10-9-11-14-25)21-32(42)33(46-47(7,8)37(4,5)6)31(19-24-17-28(38)22-29(39)18-24)41-30-16-12-15-26(20-30)34(40)43/h9-18,20,22-23,31-33,41H,19,21H2,1-8H3,(H2,40,43). The molecule has 3 unspecified atom stereocenters. The van der Waals surface area contributed by atoms with E-state index in [0.717, 1.165) is 17.2 Å². The second kappa shape index (κ2) is 14.0. The number of amides is 2. The lowest BCUT2D eigenvalue weighted by Gasteiger charge is -2.45. The van der Waals surface area contributed by atoms with E-state index in [4.69, 9.17) is 14.9 Å². The molecule has 7 nitrogen and oxygen atoms in total. The third-order valence-electron chi connectivity index (χ3n) is 8.72. The number of carbonyl (C=O) groups excluding carboxylic acids is 2. The van der Waals surface area contributed by atoms with E-state index in [2.05, 4.69) is 39.2 Å². The van der Waals surface area contributed by atoms with E-state index in [1.807, 2.05) is 57.3 Å². The summed E-state index contributed by atoms with van der Waals surface area (Å²) in [6, 6.07) is 18.8. The number of hydrogen-bond donors (Lipinski definition) is 2. The van der Waals surface area contributed by atoms with Crippen LogP contribution in [0.4, 0.5) is 19.3 Å². The largest absolute Gasteiger partial charge is 0.443 e. The summed E-state index contributed by atoms with van der Waals surface area (Å²) in [4.78, 5) is 27.6. The number of halogens is 2. The highest BCUT2D eigenvalue weighted by Gasteiger charge is 2.47. The van der Waals surface area contributed by atoms with E-state index in [1.165, 1.54) is 12.1 Å². The first-order valence-electron chi connectivity index (χ1n) is 15.9. The fourth-order valence-electron chi connectivity index (χ4n) is 5.42. The van der Waals surface area contributed by atoms with Crippen molar-refractivity contribution in [3.8, 4) is 0 Å². The fourth-order valence-corrected chi connectivity index (χ4v) is 6.77. The van der Waals surface area contributed by atoms with Crippen molar-refractivity contribution < 1.29 is 27.5 Å². The van der Waals surface area contributed by atoms with Gasteiger partial charge in [-0.05, 0) is 98.8 Å². The molecule has 1 heterocycles. The zero-order chi connectivity index (χ0) is 34.7. The van der Waals surface area contributed by atoms with E-state index in [-0.39, 0.29) is 11.5 Å². The number of primary amides is 1. The number of anilines is 1. The van der Waals surface area contributed by atoms with Crippen LogP contribution in [0.3, 0.4) is 0 Å². The summed E-state index contributed by atoms with van der Waals surface area (Å²) in [7, 11) is -2.56. The molecule has 3 N–H and O–H groups in total. The number of nitrogens with zero attached hydrogens (tertiary/aromatic N) is 1. The molecule has 1 aliphatic heterocycles. The maximum Gasteiger partial charge on any atom is 0.414 e. The first-order valence-corrected chi connectivity index (χ1v) is 18.8. The molecular weight excluding hydrogens is 617 g/mol. The van der Waals surface area contributed by atoms with Crippen molar-refractivity contribution in [1.29, 1.82) is 0 Å². The molecular formula is C37H47F2N3O4Si. The molecule has 3 aromatic carbocycles. The van der Waals surface area contributed by atoms with Crippen LogP contribution in [0, 0.1) is 11.6 Å². The van der Waals surface area contributed by atoms with Crippen molar-refractivity contribution in [2.75, 3.05) is 5.32 Å². The molecule has 0 radical (unpaired) electrons. The second-order valence-electron chi connectivity index (χ2n) is 14.7. The third-order valence-corrected chi connectivity index (χ3v) is 13.2. The highest BCUT2D eigenvalue weighted by Crippen LogP contribution is 2.42. The Hall–Kier alpha value is -4.02. The van der Waals surface area contributed by atoms with Gasteiger partial charge >= 0.3 is 6.09 Å². The SMILES string of the molecule is CC(C)(C)OC(=O)N1C=C(c2ccccc2)CC1C(O[Si](C)(C)C(C)(C)C)C(Cc1cc(F)cc(F)c1)Nc1cccc(C(N)=O)c1. The van der Waals surface area contributed by atoms with Crippen LogP contribution in [0.5, 0.6) is 0 Å². The molecule has 10 heteroatoms. The van der Waals surface area contributed by atoms with Gasteiger partial charge in [0.05, 0.1) is 18.2 Å². The van der Waals surface area contributed by atoms with E-state index < -0.39 is 55.7 Å². The van der Waals surface area contributed by atoms with Crippen molar-refractivity contribution in [3.63, 3.8) is 0 Å². The second-order valence-corrected chi connectivity index (χ2v) is 19.5. The van der Waals surface area contributed by atoms with Crippen LogP contribution in [0.15, 0.2) is 79.0 Å². The van der Waals surface area contributed by atoms with Gasteiger partial charge in [-0.2, -0.15) is 0 Å². The van der Waals surface area contributed by atoms with Crippen LogP contribution in [0.1, 0.15) is 69.4 Å². The zero-order valence-electron chi connectivity index (χ0n) is 28.6. The van der Waals surface area contributed by atoms with Gasteiger partial charge in [0.2, 0.25) is 5.91 Å². The van der Waals surface area contributed by atoms with Gasteiger partial charge in [0, 0.05) is 23.5 Å². The number of nitrogens with two attached hydrogens (primary N) is 1. The van der Waals surface area contributed by atoms with Crippen LogP contribution < -0.4 is 11.1 Å². The van der Waals surface area contributed by atoms with Crippen LogP contribution in [-0.2, 0) is 15.6 Å². The van der Waals surface area contributed by atoms with Crippen molar-refractivity contribution in [2.24, 2.45) is 5.73 Å². The Bertz CT molecular complexity index is 1600. The van der Waals surface area contributed by atoms with Gasteiger partial charge in [-0.15, -0.1) is 0 Å². The van der Waals surface area contributed by atoms with Crippen molar-refractivity contribution >= 4 is 31.6 Å². The molecule has 252 valence electrons. The molecule has 1 aliphatic rings. The minimum Gasteiger partial charge on any atom is -0.443 e. The molecule has 0 aromatic heterocycles. The molecule has 0 fully saturated rings. The Morgan fingerprint density at radius 1 is 0.957 bits per heavy atom. The van der Waals surface area contributed by atoms with Crippen LogP contribution in [0.25, 0.3) is 5.57 Å². The van der Waals surface area contributed by atoms with E-state index in [0.29, 0.717) is 23.2 Å². The summed E-state index contributed by atoms with van der Waals surface area (Å²) < 4.78 is 42.2. The smallest absolute Gasteiger partial charge is 0.414 e. The Labute approximate surface area is 278 Å². The Balaban J connectivity index is 1.89. The summed E-state index contributed by atoms with van der Waals surface area (Å²) >= 11 is 0. The predicted octanol–water partition coefficient (Wildman–Crippen LogP) is 8.53. The summed E-state index contributed by atoms with van der Waals surface area (Å²) in [5, 5.41) is 3.31. The topological polar surface area (TPSA) is 93.9 Å². The van der Waals surface area contributed by atoms with Crippen molar-refractivity contribution in [2.45, 2.75) is 96.3 Å². The first kappa shape index (κ1) is 35.8. The number of hydrogen-bond acceptors (Lipinski definition) is 5. The summed E-state index contributed by atoms with van der Waals surface area (Å²) in [5.41, 5.74) is 8.01. The first-order chi connectivity index (χ1) is 21.8. The van der Waals surface area contributed by atoms with Crippen LogP contribution in [0.2, 0.25) is 18.1 Å². The molecule has 0 saturated heterocycles. The number of ether oxygens (including phenoxy) is 1. The quantitative estimate of drug-likeness (QED) is 0.212. The molecule has 2 amide bonds.